The van der Waals surface area contributed by atoms with E-state index in [9.17, 15) is 4.79 Å². The van der Waals surface area contributed by atoms with E-state index >= 15 is 0 Å². The second kappa shape index (κ2) is 8.41. The Bertz CT molecular complexity index is 478. The zero-order valence-electron chi connectivity index (χ0n) is 13.6. The summed E-state index contributed by atoms with van der Waals surface area (Å²) in [5.74, 6) is 1.66. The van der Waals surface area contributed by atoms with Crippen LogP contribution in [-0.4, -0.2) is 40.3 Å². The number of carbonyl (C=O) groups is 1. The minimum Gasteiger partial charge on any atom is -0.339 e. The van der Waals surface area contributed by atoms with Gasteiger partial charge in [0.1, 0.15) is 0 Å². The number of rotatable bonds is 7. The number of aryl methyl sites for hydroxylation is 1. The molecular weight excluding hydrogens is 300 g/mol. The fourth-order valence-electron chi connectivity index (χ4n) is 2.57. The predicted octanol–water partition coefficient (Wildman–Crippen LogP) is 2.71. The zero-order chi connectivity index (χ0) is 15.9. The fraction of sp³-hybridized carbons (Fsp3) is 0.800. The predicted molar refractivity (Wildman–Crippen MR) is 88.2 cm³/mol. The van der Waals surface area contributed by atoms with Crippen molar-refractivity contribution in [3.8, 4) is 0 Å². The summed E-state index contributed by atoms with van der Waals surface area (Å²) in [6.07, 6.45) is 6.98. The molecule has 6 nitrogen and oxygen atoms in total. The number of urea groups is 1. The Hall–Kier alpha value is -1.24. The maximum absolute atomic E-state index is 11.8. The Balaban J connectivity index is 1.59. The summed E-state index contributed by atoms with van der Waals surface area (Å²) in [6, 6.07) is 0.252. The average molecular weight is 326 g/mol. The van der Waals surface area contributed by atoms with Crippen LogP contribution in [-0.2, 0) is 6.42 Å². The van der Waals surface area contributed by atoms with Crippen LogP contribution in [0.2, 0.25) is 0 Å². The van der Waals surface area contributed by atoms with E-state index in [4.69, 9.17) is 4.52 Å². The third-order valence-corrected chi connectivity index (χ3v) is 5.00. The van der Waals surface area contributed by atoms with Gasteiger partial charge in [0.15, 0.2) is 5.82 Å². The smallest absolute Gasteiger partial charge is 0.315 e. The minimum absolute atomic E-state index is 0.0693. The number of hydrogen-bond donors (Lipinski definition) is 2. The lowest BCUT2D eigenvalue weighted by Gasteiger charge is -2.13. The van der Waals surface area contributed by atoms with Gasteiger partial charge >= 0.3 is 6.03 Å². The standard InChI is InChI=1S/C15H26N4O2S/c1-10(2)14-18-13(21-19-14)5-4-8-16-15(20)17-11-6-7-12(9-11)22-3/h10-12H,4-9H2,1-3H3,(H2,16,17,20)/t11-,12+/m1/s1. The van der Waals surface area contributed by atoms with Gasteiger partial charge in [0, 0.05) is 30.2 Å². The highest BCUT2D eigenvalue weighted by Gasteiger charge is 2.24. The maximum atomic E-state index is 11.8. The van der Waals surface area contributed by atoms with Gasteiger partial charge in [-0.2, -0.15) is 16.7 Å². The van der Waals surface area contributed by atoms with Crippen LogP contribution in [0.3, 0.4) is 0 Å². The molecule has 0 saturated heterocycles. The molecule has 1 aliphatic rings. The second-order valence-electron chi connectivity index (χ2n) is 6.07. The number of thioether (sulfide) groups is 1. The second-order valence-corrected chi connectivity index (χ2v) is 7.21. The largest absolute Gasteiger partial charge is 0.339 e. The van der Waals surface area contributed by atoms with Crippen molar-refractivity contribution >= 4 is 17.8 Å². The highest BCUT2D eigenvalue weighted by atomic mass is 32.2. The van der Waals surface area contributed by atoms with Crippen molar-refractivity contribution in [2.75, 3.05) is 12.8 Å². The first-order valence-corrected chi connectivity index (χ1v) is 9.27. The van der Waals surface area contributed by atoms with Gasteiger partial charge in [-0.3, -0.25) is 0 Å². The van der Waals surface area contributed by atoms with Crippen molar-refractivity contribution in [3.63, 3.8) is 0 Å². The molecule has 22 heavy (non-hydrogen) atoms. The summed E-state index contributed by atoms with van der Waals surface area (Å²) in [6.45, 7) is 4.68. The fourth-order valence-corrected chi connectivity index (χ4v) is 3.36. The van der Waals surface area contributed by atoms with Crippen LogP contribution in [0.5, 0.6) is 0 Å². The Labute approximate surface area is 136 Å². The van der Waals surface area contributed by atoms with E-state index in [1.54, 1.807) is 0 Å². The molecule has 0 unspecified atom stereocenters. The van der Waals surface area contributed by atoms with E-state index in [-0.39, 0.29) is 11.9 Å². The van der Waals surface area contributed by atoms with E-state index in [1.807, 2.05) is 25.6 Å². The van der Waals surface area contributed by atoms with Crippen LogP contribution < -0.4 is 10.6 Å². The van der Waals surface area contributed by atoms with Crippen molar-refractivity contribution in [1.29, 1.82) is 0 Å². The first-order chi connectivity index (χ1) is 10.6. The number of hydrogen-bond acceptors (Lipinski definition) is 5. The highest BCUT2D eigenvalue weighted by Crippen LogP contribution is 2.27. The summed E-state index contributed by atoms with van der Waals surface area (Å²) in [7, 11) is 0. The van der Waals surface area contributed by atoms with Gasteiger partial charge in [0.2, 0.25) is 5.89 Å². The molecule has 0 bridgehead atoms. The summed E-state index contributed by atoms with van der Waals surface area (Å²) in [4.78, 5) is 16.1. The van der Waals surface area contributed by atoms with Gasteiger partial charge in [-0.15, -0.1) is 0 Å². The molecular formula is C15H26N4O2S. The zero-order valence-corrected chi connectivity index (χ0v) is 14.4. The molecule has 1 fully saturated rings. The Kier molecular flexibility index (Phi) is 6.54. The minimum atomic E-state index is -0.0693. The van der Waals surface area contributed by atoms with E-state index in [2.05, 4.69) is 27.0 Å². The summed E-state index contributed by atoms with van der Waals surface area (Å²) in [5.41, 5.74) is 0. The lowest BCUT2D eigenvalue weighted by molar-refractivity contribution is 0.237. The van der Waals surface area contributed by atoms with Crippen LogP contribution in [0.25, 0.3) is 0 Å². The number of nitrogens with one attached hydrogen (secondary N) is 2. The van der Waals surface area contributed by atoms with Crippen molar-refractivity contribution < 1.29 is 9.32 Å². The summed E-state index contributed by atoms with van der Waals surface area (Å²) < 4.78 is 5.17. The van der Waals surface area contributed by atoms with Gasteiger partial charge in [0.25, 0.3) is 0 Å². The molecule has 1 saturated carbocycles. The molecule has 2 amide bonds. The molecule has 1 aromatic rings. The van der Waals surface area contributed by atoms with Crippen LogP contribution in [0, 0.1) is 0 Å². The SMILES string of the molecule is CS[C@H]1CC[C@@H](NC(=O)NCCCc2nc(C(C)C)no2)C1. The first-order valence-electron chi connectivity index (χ1n) is 7.98. The summed E-state index contributed by atoms with van der Waals surface area (Å²) in [5, 5.41) is 10.6. The molecule has 1 aliphatic carbocycles. The molecule has 2 N–H and O–H groups in total. The monoisotopic (exact) mass is 326 g/mol. The molecule has 0 radical (unpaired) electrons. The number of amides is 2. The van der Waals surface area contributed by atoms with E-state index < -0.39 is 0 Å². The van der Waals surface area contributed by atoms with Gasteiger partial charge < -0.3 is 15.2 Å². The lowest BCUT2D eigenvalue weighted by Crippen LogP contribution is -2.41. The lowest BCUT2D eigenvalue weighted by atomic mass is 10.2. The maximum Gasteiger partial charge on any atom is 0.315 e. The molecule has 2 rings (SSSR count). The first kappa shape index (κ1) is 17.1. The Morgan fingerprint density at radius 2 is 2.27 bits per heavy atom. The molecule has 0 aromatic carbocycles. The summed E-state index contributed by atoms with van der Waals surface area (Å²) >= 11 is 1.89. The molecule has 1 aromatic heterocycles. The third-order valence-electron chi connectivity index (χ3n) is 3.91. The van der Waals surface area contributed by atoms with Crippen LogP contribution >= 0.6 is 11.8 Å². The van der Waals surface area contributed by atoms with Crippen molar-refractivity contribution in [3.05, 3.63) is 11.7 Å². The van der Waals surface area contributed by atoms with Gasteiger partial charge in [-0.25, -0.2) is 4.79 Å². The van der Waals surface area contributed by atoms with E-state index in [0.717, 1.165) is 25.1 Å². The molecule has 0 spiro atoms. The molecule has 0 aliphatic heterocycles. The van der Waals surface area contributed by atoms with Crippen LogP contribution in [0.1, 0.15) is 57.2 Å². The van der Waals surface area contributed by atoms with E-state index in [0.29, 0.717) is 30.1 Å². The number of nitrogens with zero attached hydrogens (tertiary/aromatic N) is 2. The van der Waals surface area contributed by atoms with Crippen LogP contribution in [0.15, 0.2) is 4.52 Å². The normalized spacial score (nSPS) is 21.3. The molecule has 2 atom stereocenters. The highest BCUT2D eigenvalue weighted by molar-refractivity contribution is 7.99. The quantitative estimate of drug-likeness (QED) is 0.753. The van der Waals surface area contributed by atoms with Gasteiger partial charge in [-0.05, 0) is 31.9 Å². The number of aromatic nitrogens is 2. The van der Waals surface area contributed by atoms with Crippen molar-refractivity contribution in [2.24, 2.45) is 0 Å². The molecule has 124 valence electrons. The molecule has 1 heterocycles. The van der Waals surface area contributed by atoms with Crippen LogP contribution in [0.4, 0.5) is 4.79 Å². The average Bonchev–Trinajstić information content (AvgIpc) is 3.12. The van der Waals surface area contributed by atoms with Crippen molar-refractivity contribution in [2.45, 2.75) is 63.2 Å². The topological polar surface area (TPSA) is 80.0 Å². The Morgan fingerprint density at radius 1 is 1.45 bits per heavy atom. The third kappa shape index (κ3) is 5.19. The van der Waals surface area contributed by atoms with E-state index in [1.165, 1.54) is 6.42 Å². The Morgan fingerprint density at radius 3 is 2.91 bits per heavy atom. The van der Waals surface area contributed by atoms with Crippen molar-refractivity contribution in [1.82, 2.24) is 20.8 Å². The number of carbonyl (C=O) groups excluding carboxylic acids is 1. The van der Waals surface area contributed by atoms with Gasteiger partial charge in [-0.1, -0.05) is 19.0 Å². The molecule has 7 heteroatoms. The van der Waals surface area contributed by atoms with Gasteiger partial charge in [0.05, 0.1) is 0 Å².